The van der Waals surface area contributed by atoms with Gasteiger partial charge in [0.1, 0.15) is 13.2 Å². The summed E-state index contributed by atoms with van der Waals surface area (Å²) in [6.07, 6.45) is 0. The standard InChI is InChI=1S/C14H15N3O4/c18-14-13(17-1-3-19-4-2-17)15-9-7-11-12(8-10(9)16-14)21-6-5-20-11/h7-8H,1-6H2,(H,16,18). The highest BCUT2D eigenvalue weighted by Crippen LogP contribution is 2.33. The molecule has 1 aromatic carbocycles. The number of fused-ring (bicyclic) bond motifs is 2. The van der Waals surface area contributed by atoms with Crippen LogP contribution in [0.4, 0.5) is 5.82 Å². The second-order valence-electron chi connectivity index (χ2n) is 5.00. The minimum atomic E-state index is -0.193. The van der Waals surface area contributed by atoms with Crippen molar-refractivity contribution in [3.05, 3.63) is 22.5 Å². The average molecular weight is 289 g/mol. The Labute approximate surface area is 120 Å². The zero-order valence-corrected chi connectivity index (χ0v) is 11.4. The molecule has 1 N–H and O–H groups in total. The second kappa shape index (κ2) is 4.92. The fourth-order valence-corrected chi connectivity index (χ4v) is 2.60. The van der Waals surface area contributed by atoms with Crippen LogP contribution in [0, 0.1) is 0 Å². The SMILES string of the molecule is O=c1[nH]c2cc3c(cc2nc1N1CCOCC1)OCCO3. The summed E-state index contributed by atoms with van der Waals surface area (Å²) >= 11 is 0. The molecular weight excluding hydrogens is 274 g/mol. The van der Waals surface area contributed by atoms with E-state index in [1.54, 1.807) is 6.07 Å². The van der Waals surface area contributed by atoms with Crippen molar-refractivity contribution in [1.29, 1.82) is 0 Å². The molecule has 4 rings (SSSR count). The van der Waals surface area contributed by atoms with Gasteiger partial charge < -0.3 is 24.1 Å². The summed E-state index contributed by atoms with van der Waals surface area (Å²) in [7, 11) is 0. The lowest BCUT2D eigenvalue weighted by Crippen LogP contribution is -2.40. The molecule has 7 heteroatoms. The van der Waals surface area contributed by atoms with Crippen LogP contribution in [0.15, 0.2) is 16.9 Å². The summed E-state index contributed by atoms with van der Waals surface area (Å²) in [5.74, 6) is 1.74. The quantitative estimate of drug-likeness (QED) is 0.825. The number of aromatic nitrogens is 2. The van der Waals surface area contributed by atoms with Gasteiger partial charge in [-0.15, -0.1) is 0 Å². The van der Waals surface area contributed by atoms with E-state index in [2.05, 4.69) is 9.97 Å². The summed E-state index contributed by atoms with van der Waals surface area (Å²) in [5.41, 5.74) is 1.16. The first kappa shape index (κ1) is 12.5. The molecule has 0 amide bonds. The van der Waals surface area contributed by atoms with Crippen LogP contribution in [0.1, 0.15) is 0 Å². The molecule has 0 spiro atoms. The predicted molar refractivity (Wildman–Crippen MR) is 76.4 cm³/mol. The molecular formula is C14H15N3O4. The van der Waals surface area contributed by atoms with Crippen LogP contribution in [0.2, 0.25) is 0 Å². The van der Waals surface area contributed by atoms with Crippen LogP contribution >= 0.6 is 0 Å². The van der Waals surface area contributed by atoms with Crippen LogP contribution in [0.5, 0.6) is 11.5 Å². The maximum Gasteiger partial charge on any atom is 0.291 e. The number of benzene rings is 1. The van der Waals surface area contributed by atoms with Gasteiger partial charge in [0.2, 0.25) is 0 Å². The van der Waals surface area contributed by atoms with Crippen molar-refractivity contribution in [3.63, 3.8) is 0 Å². The van der Waals surface area contributed by atoms with Crippen LogP contribution in [-0.2, 0) is 4.74 Å². The van der Waals surface area contributed by atoms with Crippen LogP contribution < -0.4 is 19.9 Å². The number of morpholine rings is 1. The van der Waals surface area contributed by atoms with Gasteiger partial charge in [0.05, 0.1) is 24.2 Å². The normalized spacial score (nSPS) is 18.0. The molecule has 2 aliphatic heterocycles. The Morgan fingerprint density at radius 3 is 2.52 bits per heavy atom. The van der Waals surface area contributed by atoms with Gasteiger partial charge in [-0.2, -0.15) is 0 Å². The van der Waals surface area contributed by atoms with Gasteiger partial charge in [0.15, 0.2) is 17.3 Å². The molecule has 1 fully saturated rings. The smallest absolute Gasteiger partial charge is 0.291 e. The lowest BCUT2D eigenvalue weighted by atomic mass is 10.2. The van der Waals surface area contributed by atoms with Gasteiger partial charge in [0, 0.05) is 25.2 Å². The molecule has 0 atom stereocenters. The minimum Gasteiger partial charge on any atom is -0.486 e. The number of ether oxygens (including phenoxy) is 3. The Hall–Kier alpha value is -2.28. The van der Waals surface area contributed by atoms with E-state index >= 15 is 0 Å². The minimum absolute atomic E-state index is 0.193. The number of anilines is 1. The van der Waals surface area contributed by atoms with E-state index in [-0.39, 0.29) is 5.56 Å². The third kappa shape index (κ3) is 2.19. The van der Waals surface area contributed by atoms with Crippen LogP contribution in [-0.4, -0.2) is 49.5 Å². The number of nitrogens with zero attached hydrogens (tertiary/aromatic N) is 2. The number of rotatable bonds is 1. The van der Waals surface area contributed by atoms with E-state index in [1.807, 2.05) is 11.0 Å². The van der Waals surface area contributed by atoms with Crippen molar-refractivity contribution in [2.45, 2.75) is 0 Å². The molecule has 0 radical (unpaired) electrons. The Morgan fingerprint density at radius 1 is 1.05 bits per heavy atom. The maximum atomic E-state index is 12.2. The van der Waals surface area contributed by atoms with E-state index in [0.717, 1.165) is 0 Å². The first-order valence-electron chi connectivity index (χ1n) is 6.98. The largest absolute Gasteiger partial charge is 0.486 e. The summed E-state index contributed by atoms with van der Waals surface area (Å²) in [6, 6.07) is 3.57. The van der Waals surface area contributed by atoms with E-state index in [9.17, 15) is 4.79 Å². The zero-order valence-electron chi connectivity index (χ0n) is 11.4. The molecule has 0 bridgehead atoms. The number of aromatic amines is 1. The number of nitrogens with one attached hydrogen (secondary N) is 1. The van der Waals surface area contributed by atoms with E-state index < -0.39 is 0 Å². The molecule has 0 unspecified atom stereocenters. The van der Waals surface area contributed by atoms with Crippen LogP contribution in [0.3, 0.4) is 0 Å². The molecule has 110 valence electrons. The first-order chi connectivity index (χ1) is 10.3. The summed E-state index contributed by atoms with van der Waals surface area (Å²) in [5, 5.41) is 0. The van der Waals surface area contributed by atoms with E-state index in [0.29, 0.717) is 67.9 Å². The molecule has 0 saturated carbocycles. The highest BCUT2D eigenvalue weighted by molar-refractivity contribution is 5.80. The van der Waals surface area contributed by atoms with Gasteiger partial charge in [-0.05, 0) is 0 Å². The van der Waals surface area contributed by atoms with Crippen LogP contribution in [0.25, 0.3) is 11.0 Å². The van der Waals surface area contributed by atoms with E-state index in [4.69, 9.17) is 14.2 Å². The highest BCUT2D eigenvalue weighted by atomic mass is 16.6. The van der Waals surface area contributed by atoms with Gasteiger partial charge >= 0.3 is 0 Å². The zero-order chi connectivity index (χ0) is 14.2. The molecule has 3 heterocycles. The lowest BCUT2D eigenvalue weighted by Gasteiger charge is -2.27. The molecule has 1 saturated heterocycles. The average Bonchev–Trinajstić information content (AvgIpc) is 2.53. The molecule has 1 aromatic heterocycles. The lowest BCUT2D eigenvalue weighted by molar-refractivity contribution is 0.122. The molecule has 7 nitrogen and oxygen atoms in total. The summed E-state index contributed by atoms with van der Waals surface area (Å²) in [6.45, 7) is 3.61. The topological polar surface area (TPSA) is 76.7 Å². The number of hydrogen-bond donors (Lipinski definition) is 1. The van der Waals surface area contributed by atoms with Gasteiger partial charge in [-0.25, -0.2) is 4.98 Å². The van der Waals surface area contributed by atoms with Gasteiger partial charge in [-0.1, -0.05) is 0 Å². The van der Waals surface area contributed by atoms with Gasteiger partial charge in [0.25, 0.3) is 5.56 Å². The predicted octanol–water partition coefficient (Wildman–Crippen LogP) is 0.531. The van der Waals surface area contributed by atoms with E-state index in [1.165, 1.54) is 0 Å². The Balaban J connectivity index is 1.82. The molecule has 21 heavy (non-hydrogen) atoms. The Morgan fingerprint density at radius 2 is 1.76 bits per heavy atom. The van der Waals surface area contributed by atoms with Gasteiger partial charge in [-0.3, -0.25) is 4.79 Å². The van der Waals surface area contributed by atoms with Crippen molar-refractivity contribution in [3.8, 4) is 11.5 Å². The second-order valence-corrected chi connectivity index (χ2v) is 5.00. The van der Waals surface area contributed by atoms with Crippen molar-refractivity contribution in [2.75, 3.05) is 44.4 Å². The third-order valence-corrected chi connectivity index (χ3v) is 3.65. The van der Waals surface area contributed by atoms with Crippen molar-refractivity contribution >= 4 is 16.9 Å². The molecule has 0 aliphatic carbocycles. The monoisotopic (exact) mass is 289 g/mol. The summed E-state index contributed by atoms with van der Waals surface area (Å²) < 4.78 is 16.4. The van der Waals surface area contributed by atoms with Crippen molar-refractivity contribution in [1.82, 2.24) is 9.97 Å². The summed E-state index contributed by atoms with van der Waals surface area (Å²) in [4.78, 5) is 21.5. The fourth-order valence-electron chi connectivity index (χ4n) is 2.60. The number of H-pyrrole nitrogens is 1. The molecule has 2 aliphatic rings. The third-order valence-electron chi connectivity index (χ3n) is 3.65. The van der Waals surface area contributed by atoms with Crippen molar-refractivity contribution in [2.24, 2.45) is 0 Å². The first-order valence-corrected chi connectivity index (χ1v) is 6.98. The maximum absolute atomic E-state index is 12.2. The fraction of sp³-hybridized carbons (Fsp3) is 0.429. The Kier molecular flexibility index (Phi) is 2.92. The highest BCUT2D eigenvalue weighted by Gasteiger charge is 2.19. The Bertz CT molecular complexity index is 737. The molecule has 2 aromatic rings. The number of hydrogen-bond acceptors (Lipinski definition) is 6. The van der Waals surface area contributed by atoms with Crippen molar-refractivity contribution < 1.29 is 14.2 Å².